The molecule has 0 unspecified atom stereocenters. The van der Waals surface area contributed by atoms with Gasteiger partial charge in [-0.2, -0.15) is 0 Å². The average Bonchev–Trinajstić information content (AvgIpc) is 3.19. The maximum Gasteiger partial charge on any atom is 0.306 e. The number of nitrogens with one attached hydrogen (secondary N) is 1. The Kier molecular flexibility index (Phi) is 6.84. The molecular weight excluding hydrogens is 382 g/mol. The van der Waals surface area contributed by atoms with Gasteiger partial charge in [-0.3, -0.25) is 4.79 Å². The van der Waals surface area contributed by atoms with Crippen molar-refractivity contribution in [3.63, 3.8) is 0 Å². The molecule has 0 amide bonds. The zero-order valence-corrected chi connectivity index (χ0v) is 16.9. The Morgan fingerprint density at radius 3 is 2.26 bits per heavy atom. The molecule has 5 nitrogen and oxygen atoms in total. The van der Waals surface area contributed by atoms with Crippen LogP contribution in [-0.4, -0.2) is 34.4 Å². The van der Waals surface area contributed by atoms with E-state index in [0.29, 0.717) is 11.8 Å². The van der Waals surface area contributed by atoms with E-state index in [1.807, 2.05) is 0 Å². The molecule has 2 fully saturated rings. The van der Waals surface area contributed by atoms with E-state index in [1.165, 1.54) is 18.4 Å². The molecule has 1 aliphatic carbocycles. The van der Waals surface area contributed by atoms with Gasteiger partial charge in [0.2, 0.25) is 0 Å². The van der Waals surface area contributed by atoms with Crippen LogP contribution in [-0.2, 0) is 4.79 Å². The van der Waals surface area contributed by atoms with Crippen LogP contribution < -0.4 is 5.32 Å². The second-order valence-corrected chi connectivity index (χ2v) is 8.49. The normalized spacial score (nSPS) is 23.6. The third kappa shape index (κ3) is 4.68. The van der Waals surface area contributed by atoms with Gasteiger partial charge in [0.1, 0.15) is 10.0 Å². The summed E-state index contributed by atoms with van der Waals surface area (Å²) in [7, 11) is 0. The molecule has 2 aliphatic rings. The SMILES string of the molecule is Cl.O=C(O)[C@H]1CC[C@@H](c2nnc(-c3ccc(C4CCNCC4)cc3)s2)CC1. The van der Waals surface area contributed by atoms with E-state index in [2.05, 4.69) is 39.8 Å². The van der Waals surface area contributed by atoms with E-state index < -0.39 is 5.97 Å². The molecule has 0 atom stereocenters. The highest BCUT2D eigenvalue weighted by Gasteiger charge is 2.28. The van der Waals surface area contributed by atoms with Crippen LogP contribution >= 0.6 is 23.7 Å². The number of carboxylic acids is 1. The number of benzene rings is 1. The summed E-state index contributed by atoms with van der Waals surface area (Å²) in [5.74, 6) is 0.196. The molecule has 1 saturated heterocycles. The van der Waals surface area contributed by atoms with Crippen LogP contribution in [0, 0.1) is 5.92 Å². The Morgan fingerprint density at radius 1 is 0.963 bits per heavy atom. The van der Waals surface area contributed by atoms with Gasteiger partial charge in [-0.15, -0.1) is 22.6 Å². The van der Waals surface area contributed by atoms with Gasteiger partial charge in [-0.05, 0) is 63.1 Å². The van der Waals surface area contributed by atoms with E-state index in [0.717, 1.165) is 54.4 Å². The first-order chi connectivity index (χ1) is 12.7. The minimum atomic E-state index is -0.657. The van der Waals surface area contributed by atoms with E-state index in [9.17, 15) is 4.79 Å². The lowest BCUT2D eigenvalue weighted by molar-refractivity contribution is -0.142. The van der Waals surface area contributed by atoms with Crippen LogP contribution in [0.2, 0.25) is 0 Å². The summed E-state index contributed by atoms with van der Waals surface area (Å²) in [5, 5.41) is 23.4. The van der Waals surface area contributed by atoms with Crippen LogP contribution in [0.25, 0.3) is 10.6 Å². The third-order valence-electron chi connectivity index (χ3n) is 5.83. The van der Waals surface area contributed by atoms with Gasteiger partial charge in [-0.1, -0.05) is 35.6 Å². The minimum Gasteiger partial charge on any atom is -0.481 e. The number of carboxylic acid groups (broad SMARTS) is 1. The van der Waals surface area contributed by atoms with Gasteiger partial charge >= 0.3 is 5.97 Å². The average molecular weight is 408 g/mol. The summed E-state index contributed by atoms with van der Waals surface area (Å²) in [4.78, 5) is 11.1. The van der Waals surface area contributed by atoms with Crippen LogP contribution in [0.3, 0.4) is 0 Å². The second kappa shape index (κ2) is 9.13. The fraction of sp³-hybridized carbons (Fsp3) is 0.550. The summed E-state index contributed by atoms with van der Waals surface area (Å²) in [5.41, 5.74) is 2.55. The number of halogens is 1. The number of hydrogen-bond donors (Lipinski definition) is 2. The molecule has 4 rings (SSSR count). The topological polar surface area (TPSA) is 75.1 Å². The molecule has 1 aromatic carbocycles. The number of carbonyl (C=O) groups is 1. The van der Waals surface area contributed by atoms with Crippen molar-refractivity contribution in [2.24, 2.45) is 5.92 Å². The molecule has 0 radical (unpaired) electrons. The zero-order valence-electron chi connectivity index (χ0n) is 15.3. The van der Waals surface area contributed by atoms with Crippen molar-refractivity contribution in [3.8, 4) is 10.6 Å². The molecule has 2 heterocycles. The van der Waals surface area contributed by atoms with E-state index in [1.54, 1.807) is 11.3 Å². The summed E-state index contributed by atoms with van der Waals surface area (Å²) in [6, 6.07) is 8.82. The number of aromatic nitrogens is 2. The van der Waals surface area contributed by atoms with Crippen LogP contribution in [0.1, 0.15) is 60.9 Å². The molecule has 0 spiro atoms. The van der Waals surface area contributed by atoms with Gasteiger partial charge in [0.15, 0.2) is 0 Å². The van der Waals surface area contributed by atoms with E-state index in [-0.39, 0.29) is 18.3 Å². The van der Waals surface area contributed by atoms with E-state index in [4.69, 9.17) is 5.11 Å². The summed E-state index contributed by atoms with van der Waals surface area (Å²) in [6.45, 7) is 2.21. The Hall–Kier alpha value is -1.50. The summed E-state index contributed by atoms with van der Waals surface area (Å²) < 4.78 is 0. The van der Waals surface area contributed by atoms with Crippen molar-refractivity contribution in [1.29, 1.82) is 0 Å². The van der Waals surface area contributed by atoms with Crippen molar-refractivity contribution in [3.05, 3.63) is 34.8 Å². The van der Waals surface area contributed by atoms with Gasteiger partial charge in [0.25, 0.3) is 0 Å². The Bertz CT molecular complexity index is 751. The fourth-order valence-corrected chi connectivity index (χ4v) is 5.17. The Balaban J connectivity index is 0.00000210. The molecule has 2 aromatic rings. The molecule has 1 aliphatic heterocycles. The predicted molar refractivity (Wildman–Crippen MR) is 110 cm³/mol. The molecule has 2 N–H and O–H groups in total. The first-order valence-corrected chi connectivity index (χ1v) is 10.4. The van der Waals surface area contributed by atoms with Crippen molar-refractivity contribution in [2.45, 2.75) is 50.4 Å². The molecular formula is C20H26ClN3O2S. The number of piperidine rings is 1. The molecule has 7 heteroatoms. The fourth-order valence-electron chi connectivity index (χ4n) is 4.16. The monoisotopic (exact) mass is 407 g/mol. The maximum absolute atomic E-state index is 11.1. The second-order valence-electron chi connectivity index (χ2n) is 7.48. The lowest BCUT2D eigenvalue weighted by Crippen LogP contribution is -2.26. The minimum absolute atomic E-state index is 0. The summed E-state index contributed by atoms with van der Waals surface area (Å²) in [6.07, 6.45) is 5.73. The number of aliphatic carboxylic acids is 1. The Labute approximate surface area is 170 Å². The van der Waals surface area contributed by atoms with Crippen LogP contribution in [0.5, 0.6) is 0 Å². The highest BCUT2D eigenvalue weighted by Crippen LogP contribution is 2.38. The van der Waals surface area contributed by atoms with Crippen molar-refractivity contribution in [1.82, 2.24) is 15.5 Å². The largest absolute Gasteiger partial charge is 0.481 e. The lowest BCUT2D eigenvalue weighted by Gasteiger charge is -2.24. The number of rotatable bonds is 4. The maximum atomic E-state index is 11.1. The Morgan fingerprint density at radius 2 is 1.63 bits per heavy atom. The predicted octanol–water partition coefficient (Wildman–Crippen LogP) is 4.45. The third-order valence-corrected chi connectivity index (χ3v) is 6.97. The number of nitrogens with zero attached hydrogens (tertiary/aromatic N) is 2. The van der Waals surface area contributed by atoms with Gasteiger partial charge in [0.05, 0.1) is 5.92 Å². The van der Waals surface area contributed by atoms with Crippen molar-refractivity contribution < 1.29 is 9.90 Å². The standard InChI is InChI=1S/C20H25N3O2S.ClH/c24-20(25)17-7-5-16(6-8-17)19-23-22-18(26-19)15-3-1-13(2-4-15)14-9-11-21-12-10-14;/h1-4,14,16-17,21H,5-12H2,(H,24,25);1H/t16-,17+;. The quantitative estimate of drug-likeness (QED) is 0.782. The molecule has 1 aromatic heterocycles. The molecule has 1 saturated carbocycles. The lowest BCUT2D eigenvalue weighted by atomic mass is 9.82. The van der Waals surface area contributed by atoms with Crippen molar-refractivity contribution >= 4 is 29.7 Å². The van der Waals surface area contributed by atoms with E-state index >= 15 is 0 Å². The first-order valence-electron chi connectivity index (χ1n) is 9.58. The molecule has 0 bridgehead atoms. The van der Waals surface area contributed by atoms with Crippen molar-refractivity contribution in [2.75, 3.05) is 13.1 Å². The highest BCUT2D eigenvalue weighted by molar-refractivity contribution is 7.14. The van der Waals surface area contributed by atoms with Crippen LogP contribution in [0.15, 0.2) is 24.3 Å². The smallest absolute Gasteiger partial charge is 0.306 e. The van der Waals surface area contributed by atoms with Gasteiger partial charge in [0, 0.05) is 11.5 Å². The first kappa shape index (κ1) is 20.2. The number of hydrogen-bond acceptors (Lipinski definition) is 5. The molecule has 27 heavy (non-hydrogen) atoms. The van der Waals surface area contributed by atoms with Crippen LogP contribution in [0.4, 0.5) is 0 Å². The zero-order chi connectivity index (χ0) is 17.9. The summed E-state index contributed by atoms with van der Waals surface area (Å²) >= 11 is 1.66. The van der Waals surface area contributed by atoms with Gasteiger partial charge in [-0.25, -0.2) is 0 Å². The van der Waals surface area contributed by atoms with Gasteiger partial charge < -0.3 is 10.4 Å². The molecule has 146 valence electrons. The highest BCUT2D eigenvalue weighted by atomic mass is 35.5.